The van der Waals surface area contributed by atoms with E-state index in [4.69, 9.17) is 9.47 Å². The summed E-state index contributed by atoms with van der Waals surface area (Å²) in [7, 11) is 3.30. The van der Waals surface area contributed by atoms with Crippen LogP contribution in [0.15, 0.2) is 29.0 Å². The van der Waals surface area contributed by atoms with Crippen molar-refractivity contribution < 1.29 is 9.47 Å². The van der Waals surface area contributed by atoms with Crippen LogP contribution in [-0.2, 0) is 0 Å². The van der Waals surface area contributed by atoms with Crippen LogP contribution in [0, 0.1) is 6.92 Å². The molecule has 102 valence electrons. The maximum Gasteiger partial charge on any atom is 0.162 e. The number of aryl methyl sites for hydroxylation is 1. The fourth-order valence-electron chi connectivity index (χ4n) is 1.97. The van der Waals surface area contributed by atoms with Gasteiger partial charge >= 0.3 is 0 Å². The largest absolute Gasteiger partial charge is 0.493 e. The van der Waals surface area contributed by atoms with E-state index in [0.717, 1.165) is 22.7 Å². The molecule has 0 bridgehead atoms. The fourth-order valence-corrected chi connectivity index (χ4v) is 2.73. The summed E-state index contributed by atoms with van der Waals surface area (Å²) in [6, 6.07) is 6.37. The van der Waals surface area contributed by atoms with E-state index in [1.165, 1.54) is 5.56 Å². The summed E-state index contributed by atoms with van der Waals surface area (Å²) in [4.78, 5) is 0. The molecule has 0 amide bonds. The van der Waals surface area contributed by atoms with Crippen LogP contribution < -0.4 is 14.8 Å². The summed E-state index contributed by atoms with van der Waals surface area (Å²) < 4.78 is 10.6. The summed E-state index contributed by atoms with van der Waals surface area (Å²) in [6.07, 6.45) is 0. The zero-order chi connectivity index (χ0) is 13.8. The minimum Gasteiger partial charge on any atom is -0.493 e. The molecule has 1 aromatic carbocycles. The summed E-state index contributed by atoms with van der Waals surface area (Å²) in [6.45, 7) is 4.21. The van der Waals surface area contributed by atoms with E-state index in [0.29, 0.717) is 0 Å². The highest BCUT2D eigenvalue weighted by molar-refractivity contribution is 7.07. The maximum absolute atomic E-state index is 5.34. The second kappa shape index (κ2) is 5.97. The van der Waals surface area contributed by atoms with E-state index in [2.05, 4.69) is 36.0 Å². The average Bonchev–Trinajstić information content (AvgIpc) is 2.94. The molecule has 1 N–H and O–H groups in total. The van der Waals surface area contributed by atoms with Crippen molar-refractivity contribution in [2.24, 2.45) is 0 Å². The van der Waals surface area contributed by atoms with E-state index in [1.807, 2.05) is 12.1 Å². The quantitative estimate of drug-likeness (QED) is 0.886. The van der Waals surface area contributed by atoms with Crippen molar-refractivity contribution in [2.75, 3.05) is 19.5 Å². The van der Waals surface area contributed by atoms with Crippen LogP contribution in [0.1, 0.15) is 24.1 Å². The van der Waals surface area contributed by atoms with Crippen molar-refractivity contribution in [3.8, 4) is 11.5 Å². The number of nitrogens with one attached hydrogen (secondary N) is 1. The van der Waals surface area contributed by atoms with Gasteiger partial charge in [-0.1, -0.05) is 0 Å². The van der Waals surface area contributed by atoms with Gasteiger partial charge in [-0.2, -0.15) is 11.3 Å². The van der Waals surface area contributed by atoms with Crippen molar-refractivity contribution in [3.63, 3.8) is 0 Å². The third-order valence-corrected chi connectivity index (χ3v) is 3.85. The highest BCUT2D eigenvalue weighted by atomic mass is 32.1. The van der Waals surface area contributed by atoms with Crippen molar-refractivity contribution in [2.45, 2.75) is 19.9 Å². The predicted octanol–water partition coefficient (Wildman–Crippen LogP) is 4.25. The van der Waals surface area contributed by atoms with Crippen LogP contribution in [0.2, 0.25) is 0 Å². The SMILES string of the molecule is COc1cc(C)c(NC(C)c2ccsc2)cc1OC. The Kier molecular flexibility index (Phi) is 4.32. The molecule has 1 aromatic heterocycles. The molecule has 0 aliphatic rings. The van der Waals surface area contributed by atoms with E-state index < -0.39 is 0 Å². The van der Waals surface area contributed by atoms with Gasteiger partial charge in [-0.15, -0.1) is 0 Å². The van der Waals surface area contributed by atoms with Crippen molar-refractivity contribution >= 4 is 17.0 Å². The zero-order valence-electron chi connectivity index (χ0n) is 11.7. The van der Waals surface area contributed by atoms with Crippen LogP contribution in [0.3, 0.4) is 0 Å². The highest BCUT2D eigenvalue weighted by Gasteiger charge is 2.11. The average molecular weight is 277 g/mol. The molecule has 1 unspecified atom stereocenters. The lowest BCUT2D eigenvalue weighted by Crippen LogP contribution is -2.07. The van der Waals surface area contributed by atoms with Gasteiger partial charge in [-0.3, -0.25) is 0 Å². The lowest BCUT2D eigenvalue weighted by molar-refractivity contribution is 0.355. The number of hydrogen-bond donors (Lipinski definition) is 1. The fraction of sp³-hybridized carbons (Fsp3) is 0.333. The molecule has 1 heterocycles. The second-order valence-electron chi connectivity index (χ2n) is 4.44. The van der Waals surface area contributed by atoms with Crippen LogP contribution in [0.25, 0.3) is 0 Å². The number of thiophene rings is 1. The monoisotopic (exact) mass is 277 g/mol. The zero-order valence-corrected chi connectivity index (χ0v) is 12.5. The summed E-state index contributed by atoms with van der Waals surface area (Å²) >= 11 is 1.71. The topological polar surface area (TPSA) is 30.5 Å². The number of rotatable bonds is 5. The van der Waals surface area contributed by atoms with Gasteiger partial charge < -0.3 is 14.8 Å². The molecule has 3 nitrogen and oxygen atoms in total. The van der Waals surface area contributed by atoms with Gasteiger partial charge in [0, 0.05) is 17.8 Å². The first kappa shape index (κ1) is 13.7. The Bertz CT molecular complexity index is 537. The Labute approximate surface area is 118 Å². The van der Waals surface area contributed by atoms with Gasteiger partial charge in [-0.25, -0.2) is 0 Å². The van der Waals surface area contributed by atoms with Crippen LogP contribution in [0.4, 0.5) is 5.69 Å². The molecule has 19 heavy (non-hydrogen) atoms. The van der Waals surface area contributed by atoms with Gasteiger partial charge in [0.1, 0.15) is 0 Å². The predicted molar refractivity (Wildman–Crippen MR) is 80.6 cm³/mol. The van der Waals surface area contributed by atoms with E-state index in [-0.39, 0.29) is 6.04 Å². The Morgan fingerprint density at radius 3 is 2.42 bits per heavy atom. The maximum atomic E-state index is 5.34. The third kappa shape index (κ3) is 3.01. The van der Waals surface area contributed by atoms with E-state index in [9.17, 15) is 0 Å². The van der Waals surface area contributed by atoms with E-state index in [1.54, 1.807) is 25.6 Å². The van der Waals surface area contributed by atoms with Crippen LogP contribution >= 0.6 is 11.3 Å². The molecule has 0 saturated heterocycles. The number of methoxy groups -OCH3 is 2. The third-order valence-electron chi connectivity index (χ3n) is 3.15. The molecule has 0 aliphatic carbocycles. The molecule has 4 heteroatoms. The smallest absolute Gasteiger partial charge is 0.162 e. The normalized spacial score (nSPS) is 12.0. The van der Waals surface area contributed by atoms with Gasteiger partial charge in [-0.05, 0) is 47.9 Å². The van der Waals surface area contributed by atoms with Crippen LogP contribution in [0.5, 0.6) is 11.5 Å². The number of hydrogen-bond acceptors (Lipinski definition) is 4. The molecular formula is C15H19NO2S. The minimum absolute atomic E-state index is 0.267. The van der Waals surface area contributed by atoms with Gasteiger partial charge in [0.15, 0.2) is 11.5 Å². The lowest BCUT2D eigenvalue weighted by atomic mass is 10.1. The molecule has 2 rings (SSSR count). The first-order valence-corrected chi connectivity index (χ1v) is 7.11. The molecule has 1 atom stereocenters. The van der Waals surface area contributed by atoms with Gasteiger partial charge in [0.05, 0.1) is 14.2 Å². The van der Waals surface area contributed by atoms with Crippen molar-refractivity contribution in [1.29, 1.82) is 0 Å². The minimum atomic E-state index is 0.267. The number of anilines is 1. The Hall–Kier alpha value is -1.68. The van der Waals surface area contributed by atoms with Crippen molar-refractivity contribution in [1.82, 2.24) is 0 Å². The standard InChI is InChI=1S/C15H19NO2S/c1-10-7-14(17-3)15(18-4)8-13(10)16-11(2)12-5-6-19-9-12/h5-9,11,16H,1-4H3. The van der Waals surface area contributed by atoms with Crippen molar-refractivity contribution in [3.05, 3.63) is 40.1 Å². The molecule has 0 aliphatic heterocycles. The summed E-state index contributed by atoms with van der Waals surface area (Å²) in [5.74, 6) is 1.50. The molecule has 0 spiro atoms. The second-order valence-corrected chi connectivity index (χ2v) is 5.22. The molecule has 0 radical (unpaired) electrons. The Balaban J connectivity index is 2.25. The molecule has 0 saturated carbocycles. The van der Waals surface area contributed by atoms with E-state index >= 15 is 0 Å². The highest BCUT2D eigenvalue weighted by Crippen LogP contribution is 2.34. The van der Waals surface area contributed by atoms with Gasteiger partial charge in [0.25, 0.3) is 0 Å². The number of ether oxygens (including phenoxy) is 2. The molecule has 0 fully saturated rings. The summed E-state index contributed by atoms with van der Waals surface area (Å²) in [5, 5.41) is 7.76. The van der Waals surface area contributed by atoms with Crippen LogP contribution in [-0.4, -0.2) is 14.2 Å². The molecular weight excluding hydrogens is 258 g/mol. The number of benzene rings is 1. The van der Waals surface area contributed by atoms with Gasteiger partial charge in [0.2, 0.25) is 0 Å². The Morgan fingerprint density at radius 1 is 1.16 bits per heavy atom. The first-order valence-electron chi connectivity index (χ1n) is 6.17. The summed E-state index contributed by atoms with van der Waals surface area (Å²) in [5.41, 5.74) is 3.50. The molecule has 2 aromatic rings. The lowest BCUT2D eigenvalue weighted by Gasteiger charge is -2.18. The first-order chi connectivity index (χ1) is 9.15. The Morgan fingerprint density at radius 2 is 1.84 bits per heavy atom.